The van der Waals surface area contributed by atoms with Crippen molar-refractivity contribution in [1.82, 2.24) is 8.75 Å². The molecule has 2 fully saturated rings. The Morgan fingerprint density at radius 1 is 0.632 bits per heavy atom. The fraction of sp³-hybridized carbons (Fsp3) is 0.674. The second kappa shape index (κ2) is 17.9. The van der Waals surface area contributed by atoms with Crippen molar-refractivity contribution in [3.8, 4) is 15.5 Å². The van der Waals surface area contributed by atoms with Gasteiger partial charge in [-0.1, -0.05) is 91.2 Å². The summed E-state index contributed by atoms with van der Waals surface area (Å²) in [4.78, 5) is 2.72. The Hall–Kier alpha value is -0.830. The predicted octanol–water partition coefficient (Wildman–Crippen LogP) is 13.1. The number of nitrogens with zero attached hydrogens (tertiary/aromatic N) is 2. The molecule has 7 rings (SSSR count). The molecule has 4 aromatic rings. The van der Waals surface area contributed by atoms with Crippen LogP contribution >= 0.6 is 66.3 Å². The Morgan fingerprint density at radius 3 is 1.47 bits per heavy atom. The Kier molecular flexibility index (Phi) is 14.3. The average molecular weight is 965 g/mol. The van der Waals surface area contributed by atoms with Gasteiger partial charge in [0.25, 0.3) is 0 Å². The Bertz CT molecular complexity index is 1880. The summed E-state index contributed by atoms with van der Waals surface area (Å²) < 4.78 is 43.3. The molecule has 0 saturated carbocycles. The zero-order chi connectivity index (χ0) is 41.6. The van der Waals surface area contributed by atoms with Gasteiger partial charge >= 0.3 is 14.2 Å². The van der Waals surface area contributed by atoms with Crippen LogP contribution in [0.1, 0.15) is 153 Å². The lowest BCUT2D eigenvalue weighted by Crippen LogP contribution is -2.41. The summed E-state index contributed by atoms with van der Waals surface area (Å²) in [6.07, 6.45) is 12.5. The Balaban J connectivity index is 0.000000194. The van der Waals surface area contributed by atoms with E-state index in [2.05, 4.69) is 80.4 Å². The first-order chi connectivity index (χ1) is 26.8. The van der Waals surface area contributed by atoms with E-state index in [1.807, 2.05) is 78.9 Å². The van der Waals surface area contributed by atoms with Crippen LogP contribution in [0, 0.1) is 11.8 Å². The minimum Gasteiger partial charge on any atom is -0.481 e. The van der Waals surface area contributed by atoms with Crippen LogP contribution in [0.15, 0.2) is 31.8 Å². The van der Waals surface area contributed by atoms with Crippen LogP contribution in [-0.2, 0) is 24.2 Å². The molecule has 2 saturated heterocycles. The summed E-state index contributed by atoms with van der Waals surface area (Å²) >= 11 is 12.4. The molecule has 0 radical (unpaired) electrons. The molecule has 312 valence electrons. The number of ether oxygens (including phenoxy) is 1. The lowest BCUT2D eigenvalue weighted by Gasteiger charge is -2.42. The first-order valence-electron chi connectivity index (χ1n) is 21.1. The van der Waals surface area contributed by atoms with Gasteiger partial charge in [-0.3, -0.25) is 0 Å². The summed E-state index contributed by atoms with van der Waals surface area (Å²) in [5.74, 6) is 2.51. The fourth-order valence-electron chi connectivity index (χ4n) is 8.14. The van der Waals surface area contributed by atoms with Gasteiger partial charge < -0.3 is 23.4 Å². The summed E-state index contributed by atoms with van der Waals surface area (Å²) in [6.45, 7) is 25.7. The molecule has 0 spiro atoms. The van der Waals surface area contributed by atoms with E-state index >= 15 is 0 Å². The van der Waals surface area contributed by atoms with E-state index in [4.69, 9.17) is 23.4 Å². The molecule has 3 aromatic heterocycles. The number of rotatable bonds is 14. The van der Waals surface area contributed by atoms with Crippen LogP contribution in [0.25, 0.3) is 20.8 Å². The highest BCUT2D eigenvalue weighted by molar-refractivity contribution is 9.11. The van der Waals surface area contributed by atoms with E-state index in [0.29, 0.717) is 11.8 Å². The molecule has 0 bridgehead atoms. The molecule has 6 heterocycles. The van der Waals surface area contributed by atoms with Gasteiger partial charge in [-0.05, 0) is 118 Å². The number of halogens is 2. The standard InChI is InChI=1S/C25H36Br2OS2.C18H26B2N2O4S/c1-5-9-11-17(7-3)15-25(16-18(8-4)12-10-6-2)19-13-21(26)29-23(19)24-20(28-25)14-22(27)30-24;1-15(2)16(3,4)24-19(23-15)11-9-10-12(14-13(11)21-27-22-14)20-25-17(5,6)18(7,8)26-20/h13-14,17-18H,5-12,15-16H2,1-4H3;9-10H,1-8H3. The maximum atomic E-state index is 7.07. The van der Waals surface area contributed by atoms with Crippen LogP contribution in [0.2, 0.25) is 0 Å². The van der Waals surface area contributed by atoms with Gasteiger partial charge in [0.2, 0.25) is 0 Å². The molecule has 2 atom stereocenters. The van der Waals surface area contributed by atoms with Crippen LogP contribution < -0.4 is 15.7 Å². The van der Waals surface area contributed by atoms with Gasteiger partial charge in [-0.2, -0.15) is 8.75 Å². The minimum absolute atomic E-state index is 0.200. The summed E-state index contributed by atoms with van der Waals surface area (Å²) in [7, 11) is -0.956. The molecule has 3 aliphatic heterocycles. The fourth-order valence-corrected chi connectivity index (χ4v) is 12.1. The highest BCUT2D eigenvalue weighted by Gasteiger charge is 2.55. The molecule has 57 heavy (non-hydrogen) atoms. The topological polar surface area (TPSA) is 71.9 Å². The molecule has 0 amide bonds. The van der Waals surface area contributed by atoms with Crippen molar-refractivity contribution in [2.24, 2.45) is 11.8 Å². The zero-order valence-electron chi connectivity index (χ0n) is 36.1. The van der Waals surface area contributed by atoms with E-state index in [0.717, 1.165) is 44.3 Å². The molecule has 0 aliphatic carbocycles. The maximum Gasteiger partial charge on any atom is 0.497 e. The van der Waals surface area contributed by atoms with Crippen molar-refractivity contribution in [2.45, 2.75) is 175 Å². The monoisotopic (exact) mass is 962 g/mol. The van der Waals surface area contributed by atoms with Crippen LogP contribution in [0.3, 0.4) is 0 Å². The van der Waals surface area contributed by atoms with E-state index in [9.17, 15) is 0 Å². The Labute approximate surface area is 372 Å². The minimum atomic E-state index is -0.478. The first kappa shape index (κ1) is 45.7. The van der Waals surface area contributed by atoms with Gasteiger partial charge in [0.05, 0.1) is 51.5 Å². The largest absolute Gasteiger partial charge is 0.497 e. The van der Waals surface area contributed by atoms with Crippen molar-refractivity contribution in [3.63, 3.8) is 0 Å². The second-order valence-corrected chi connectivity index (χ2v) is 23.6. The highest BCUT2D eigenvalue weighted by atomic mass is 79.9. The third-order valence-corrected chi connectivity index (χ3v) is 17.1. The molecule has 3 aliphatic rings. The second-order valence-electron chi connectivity index (χ2n) is 18.3. The quantitative estimate of drug-likeness (QED) is 0.117. The van der Waals surface area contributed by atoms with Gasteiger partial charge in [-0.25, -0.2) is 0 Å². The summed E-state index contributed by atoms with van der Waals surface area (Å²) in [5.41, 5.74) is 2.96. The van der Waals surface area contributed by atoms with Gasteiger partial charge in [0, 0.05) is 22.6 Å². The molecule has 7 nitrogen and oxygen atoms in total. The number of thiophene rings is 2. The van der Waals surface area contributed by atoms with Gasteiger partial charge in [-0.15, -0.1) is 22.7 Å². The normalized spacial score (nSPS) is 22.5. The molecule has 2 unspecified atom stereocenters. The van der Waals surface area contributed by atoms with Crippen molar-refractivity contribution in [1.29, 1.82) is 0 Å². The Morgan fingerprint density at radius 2 is 1.05 bits per heavy atom. The number of hydrogen-bond donors (Lipinski definition) is 0. The maximum absolute atomic E-state index is 7.07. The van der Waals surface area contributed by atoms with E-state index in [1.165, 1.54) is 82.2 Å². The molecule has 14 heteroatoms. The zero-order valence-corrected chi connectivity index (χ0v) is 41.7. The van der Waals surface area contributed by atoms with E-state index in [1.54, 1.807) is 11.3 Å². The third kappa shape index (κ3) is 9.35. The van der Waals surface area contributed by atoms with E-state index < -0.39 is 36.6 Å². The summed E-state index contributed by atoms with van der Waals surface area (Å²) in [5, 5.41) is 0. The van der Waals surface area contributed by atoms with Crippen LogP contribution in [0.4, 0.5) is 0 Å². The van der Waals surface area contributed by atoms with Crippen molar-refractivity contribution < 1.29 is 23.4 Å². The third-order valence-electron chi connectivity index (χ3n) is 13.2. The lowest BCUT2D eigenvalue weighted by atomic mass is 9.72. The van der Waals surface area contributed by atoms with E-state index in [-0.39, 0.29) is 5.60 Å². The average Bonchev–Trinajstić information content (AvgIpc) is 3.94. The molecular weight excluding hydrogens is 902 g/mol. The van der Waals surface area contributed by atoms with Crippen molar-refractivity contribution >= 4 is 102 Å². The van der Waals surface area contributed by atoms with Crippen molar-refractivity contribution in [2.75, 3.05) is 0 Å². The molecular formula is C43H62B2Br2N2O5S3. The number of aromatic nitrogens is 2. The number of benzene rings is 1. The van der Waals surface area contributed by atoms with Gasteiger partial charge in [0.15, 0.2) is 0 Å². The number of hydrogen-bond acceptors (Lipinski definition) is 10. The predicted molar refractivity (Wildman–Crippen MR) is 250 cm³/mol. The number of unbranched alkanes of at least 4 members (excludes halogenated alkanes) is 2. The van der Waals surface area contributed by atoms with Gasteiger partial charge in [0.1, 0.15) is 22.4 Å². The van der Waals surface area contributed by atoms with Crippen LogP contribution in [-0.4, -0.2) is 45.4 Å². The number of fused-ring (bicyclic) bond motifs is 4. The van der Waals surface area contributed by atoms with Crippen LogP contribution in [0.5, 0.6) is 5.75 Å². The van der Waals surface area contributed by atoms with Crippen molar-refractivity contribution in [3.05, 3.63) is 37.4 Å². The SMILES string of the molecule is CC1(C)OB(c2ccc(B3OC(C)(C)C(C)(C)O3)c3nsnc23)OC1(C)C.CCCCC(CC)CC1(CC(CC)CCCC)Oc2cc(Br)sc2-c2sc(Br)cc21. The molecule has 1 aromatic carbocycles. The molecule has 0 N–H and O–H groups in total. The highest BCUT2D eigenvalue weighted by Crippen LogP contribution is 2.58. The smallest absolute Gasteiger partial charge is 0.481 e. The first-order valence-corrected chi connectivity index (χ1v) is 25.0. The lowest BCUT2D eigenvalue weighted by molar-refractivity contribution is 0.00578. The summed E-state index contributed by atoms with van der Waals surface area (Å²) in [6, 6.07) is 8.56.